The molecule has 5 aliphatic rings. The minimum atomic E-state index is -3.96. The number of allylic oxidation sites excluding steroid dienone is 1. The third-order valence-corrected chi connectivity index (χ3v) is 14.5. The highest BCUT2D eigenvalue weighted by atomic mass is 35.5. The van der Waals surface area contributed by atoms with Gasteiger partial charge in [-0.1, -0.05) is 36.7 Å². The van der Waals surface area contributed by atoms with E-state index in [9.17, 15) is 18.3 Å². The van der Waals surface area contributed by atoms with E-state index in [0.717, 1.165) is 62.2 Å². The van der Waals surface area contributed by atoms with Gasteiger partial charge in [0.25, 0.3) is 5.91 Å². The summed E-state index contributed by atoms with van der Waals surface area (Å²) >= 11 is 6.46. The number of carbonyl (C=O) groups excluding carboxylic acids is 1. The zero-order valence-electron chi connectivity index (χ0n) is 28.3. The SMILES string of the molecule is CO[C@@]1(C[C@H](O)C2CC2)/C=C\C[C@H](C)[C@@H](C)S(=O)(=O)NC(=O)c2ccc3c(c2)N(C[C@@H]2CC[C@H]21)C[C@@]1(CCCc2cc(Cl)ccc21)CO3. The first kappa shape index (κ1) is 33.9. The Kier molecular flexibility index (Phi) is 9.14. The molecule has 7 rings (SSSR count). The lowest BCUT2D eigenvalue weighted by Crippen LogP contribution is -2.54. The number of carbonyl (C=O) groups is 1. The molecule has 1 amide bonds. The van der Waals surface area contributed by atoms with Gasteiger partial charge in [-0.3, -0.25) is 4.79 Å². The van der Waals surface area contributed by atoms with Gasteiger partial charge >= 0.3 is 0 Å². The summed E-state index contributed by atoms with van der Waals surface area (Å²) < 4.78 is 42.4. The molecule has 48 heavy (non-hydrogen) atoms. The lowest BCUT2D eigenvalue weighted by Gasteiger charge is -2.51. The highest BCUT2D eigenvalue weighted by Crippen LogP contribution is 2.51. The number of hydrogen-bond donors (Lipinski definition) is 2. The summed E-state index contributed by atoms with van der Waals surface area (Å²) in [5.74, 6) is 0.562. The molecule has 0 saturated heterocycles. The van der Waals surface area contributed by atoms with Crippen molar-refractivity contribution in [3.63, 3.8) is 0 Å². The third kappa shape index (κ3) is 6.29. The van der Waals surface area contributed by atoms with Crippen molar-refractivity contribution in [2.24, 2.45) is 23.7 Å². The molecule has 10 heteroatoms. The van der Waals surface area contributed by atoms with Crippen molar-refractivity contribution in [3.05, 3.63) is 70.3 Å². The Morgan fingerprint density at radius 3 is 2.69 bits per heavy atom. The second-order valence-corrected chi connectivity index (χ2v) is 17.8. The van der Waals surface area contributed by atoms with Crippen molar-refractivity contribution in [1.29, 1.82) is 0 Å². The number of benzene rings is 2. The molecule has 2 aromatic carbocycles. The van der Waals surface area contributed by atoms with Crippen LogP contribution in [-0.2, 0) is 26.6 Å². The Balaban J connectivity index is 1.32. The highest BCUT2D eigenvalue weighted by molar-refractivity contribution is 7.90. The van der Waals surface area contributed by atoms with E-state index < -0.39 is 32.9 Å². The number of nitrogens with one attached hydrogen (secondary N) is 1. The molecule has 7 atom stereocenters. The van der Waals surface area contributed by atoms with Crippen molar-refractivity contribution in [2.75, 3.05) is 31.7 Å². The summed E-state index contributed by atoms with van der Waals surface area (Å²) in [6.07, 6.45) is 11.8. The Labute approximate surface area is 290 Å². The number of aryl methyl sites for hydroxylation is 1. The number of sulfonamides is 1. The van der Waals surface area contributed by atoms with Gasteiger partial charge in [0.05, 0.1) is 29.2 Å². The van der Waals surface area contributed by atoms with E-state index in [1.165, 1.54) is 11.1 Å². The molecule has 2 heterocycles. The van der Waals surface area contributed by atoms with Gasteiger partial charge in [0.1, 0.15) is 5.75 Å². The number of aliphatic hydroxyl groups excluding tert-OH is 1. The minimum Gasteiger partial charge on any atom is -0.490 e. The number of halogens is 1. The first-order valence-corrected chi connectivity index (χ1v) is 19.6. The quantitative estimate of drug-likeness (QED) is 0.355. The number of anilines is 1. The van der Waals surface area contributed by atoms with Crippen molar-refractivity contribution in [2.45, 2.75) is 94.0 Å². The van der Waals surface area contributed by atoms with Crippen molar-refractivity contribution < 1.29 is 27.8 Å². The molecule has 1 spiro atoms. The van der Waals surface area contributed by atoms with Crippen LogP contribution >= 0.6 is 11.6 Å². The van der Waals surface area contributed by atoms with E-state index in [4.69, 9.17) is 21.1 Å². The largest absolute Gasteiger partial charge is 0.490 e. The number of fused-ring (bicyclic) bond motifs is 4. The molecule has 2 aliphatic heterocycles. The summed E-state index contributed by atoms with van der Waals surface area (Å²) in [5.41, 5.74) is 2.65. The second kappa shape index (κ2) is 12.9. The normalized spacial score (nSPS) is 34.4. The smallest absolute Gasteiger partial charge is 0.264 e. The molecule has 0 aromatic heterocycles. The monoisotopic (exact) mass is 696 g/mol. The molecular formula is C38H49ClN2O6S. The maximum absolute atomic E-state index is 13.5. The fourth-order valence-electron chi connectivity index (χ4n) is 8.85. The zero-order chi connectivity index (χ0) is 33.8. The number of rotatable bonds is 4. The predicted octanol–water partition coefficient (Wildman–Crippen LogP) is 6.43. The minimum absolute atomic E-state index is 0.170. The number of hydrogen-bond acceptors (Lipinski definition) is 7. The van der Waals surface area contributed by atoms with Gasteiger partial charge in [-0.15, -0.1) is 0 Å². The van der Waals surface area contributed by atoms with Crippen molar-refractivity contribution >= 4 is 33.2 Å². The van der Waals surface area contributed by atoms with Crippen LogP contribution in [0.4, 0.5) is 5.69 Å². The number of nitrogens with zero attached hydrogens (tertiary/aromatic N) is 1. The van der Waals surface area contributed by atoms with E-state index in [-0.39, 0.29) is 28.7 Å². The Morgan fingerprint density at radius 1 is 1.15 bits per heavy atom. The van der Waals surface area contributed by atoms with E-state index >= 15 is 0 Å². The first-order chi connectivity index (χ1) is 22.9. The zero-order valence-corrected chi connectivity index (χ0v) is 29.9. The number of ether oxygens (including phenoxy) is 2. The average Bonchev–Trinajstić information content (AvgIpc) is 3.91. The van der Waals surface area contributed by atoms with Gasteiger partial charge < -0.3 is 19.5 Å². The van der Waals surface area contributed by atoms with Crippen molar-refractivity contribution in [3.8, 4) is 5.75 Å². The van der Waals surface area contributed by atoms with Crippen molar-refractivity contribution in [1.82, 2.24) is 4.72 Å². The van der Waals surface area contributed by atoms with Gasteiger partial charge in [-0.25, -0.2) is 13.1 Å². The van der Waals surface area contributed by atoms with Crippen LogP contribution in [0.25, 0.3) is 0 Å². The first-order valence-electron chi connectivity index (χ1n) is 17.7. The molecule has 3 aliphatic carbocycles. The summed E-state index contributed by atoms with van der Waals surface area (Å²) in [6.45, 7) is 5.46. The Morgan fingerprint density at radius 2 is 1.96 bits per heavy atom. The second-order valence-electron chi connectivity index (χ2n) is 15.3. The predicted molar refractivity (Wildman–Crippen MR) is 188 cm³/mol. The van der Waals surface area contributed by atoms with Crippen LogP contribution in [0.5, 0.6) is 5.75 Å². The number of methoxy groups -OCH3 is 1. The maximum atomic E-state index is 13.5. The summed E-state index contributed by atoms with van der Waals surface area (Å²) in [6, 6.07) is 11.5. The van der Waals surface area contributed by atoms with Crippen LogP contribution in [0, 0.1) is 23.7 Å². The van der Waals surface area contributed by atoms with Crippen LogP contribution in [0.1, 0.15) is 86.7 Å². The standard InChI is InChI=1S/C38H49ClN2O6S/c1-24-6-4-17-38(46-3,20-34(42)26-8-9-26)32-13-10-29(32)21-41-22-37(16-5-7-27-18-30(39)12-14-31(27)37)23-47-35-15-11-28(19-33(35)41)36(43)40-48(44,45)25(24)2/h4,11-12,14-15,17-19,24-26,29,32,34,42H,5-10,13,16,20-23H2,1-3H3,(H,40,43)/b17-4-/t24-,25+,29-,32+,34-,37-,38+/m0/s1. The van der Waals surface area contributed by atoms with Gasteiger partial charge in [0.15, 0.2) is 0 Å². The molecule has 260 valence electrons. The maximum Gasteiger partial charge on any atom is 0.264 e. The molecule has 2 aromatic rings. The number of aliphatic hydroxyl groups is 1. The Hall–Kier alpha value is -2.59. The topological polar surface area (TPSA) is 105 Å². The molecule has 2 fully saturated rings. The van der Waals surface area contributed by atoms with Crippen LogP contribution in [0.2, 0.25) is 5.02 Å². The van der Waals surface area contributed by atoms with Crippen LogP contribution in [-0.4, -0.2) is 63.2 Å². The summed E-state index contributed by atoms with van der Waals surface area (Å²) in [4.78, 5) is 15.9. The van der Waals surface area contributed by atoms with Gasteiger partial charge in [-0.2, -0.15) is 0 Å². The molecule has 8 nitrogen and oxygen atoms in total. The summed E-state index contributed by atoms with van der Waals surface area (Å²) in [7, 11) is -2.21. The van der Waals surface area contributed by atoms with Crippen LogP contribution < -0.4 is 14.4 Å². The third-order valence-electron chi connectivity index (χ3n) is 12.3. The number of amides is 1. The lowest BCUT2D eigenvalue weighted by molar-refractivity contribution is -0.100. The summed E-state index contributed by atoms with van der Waals surface area (Å²) in [5, 5.41) is 11.2. The fraction of sp³-hybridized carbons (Fsp3) is 0.605. The lowest BCUT2D eigenvalue weighted by atomic mass is 9.62. The van der Waals surface area contributed by atoms with E-state index in [0.29, 0.717) is 37.7 Å². The molecular weight excluding hydrogens is 648 g/mol. The van der Waals surface area contributed by atoms with Crippen LogP contribution in [0.3, 0.4) is 0 Å². The van der Waals surface area contributed by atoms with E-state index in [1.54, 1.807) is 26.2 Å². The van der Waals surface area contributed by atoms with Gasteiger partial charge in [-0.05, 0) is 123 Å². The molecule has 0 unspecified atom stereocenters. The highest BCUT2D eigenvalue weighted by Gasteiger charge is 2.51. The average molecular weight is 697 g/mol. The molecule has 0 radical (unpaired) electrons. The van der Waals surface area contributed by atoms with Gasteiger partial charge in [0, 0.05) is 42.6 Å². The fourth-order valence-corrected chi connectivity index (χ4v) is 10.3. The van der Waals surface area contributed by atoms with Crippen LogP contribution in [0.15, 0.2) is 48.6 Å². The Bertz CT molecular complexity index is 1690. The van der Waals surface area contributed by atoms with Gasteiger partial charge in [0.2, 0.25) is 10.0 Å². The molecule has 2 bridgehead atoms. The van der Waals surface area contributed by atoms with E-state index in [1.807, 2.05) is 25.1 Å². The van der Waals surface area contributed by atoms with E-state index in [2.05, 4.69) is 27.8 Å². The molecule has 2 saturated carbocycles. The molecule has 2 N–H and O–H groups in total.